The van der Waals surface area contributed by atoms with Crippen LogP contribution in [0.3, 0.4) is 0 Å². The van der Waals surface area contributed by atoms with Crippen LogP contribution in [0.25, 0.3) is 0 Å². The maximum absolute atomic E-state index is 12.9. The molecule has 4 rings (SSSR count). The molecule has 1 aromatic carbocycles. The number of hydrogen-bond acceptors (Lipinski definition) is 5. The summed E-state index contributed by atoms with van der Waals surface area (Å²) in [6, 6.07) is 7.37. The minimum Gasteiger partial charge on any atom is -0.497 e. The van der Waals surface area contributed by atoms with E-state index in [1.807, 2.05) is 36.9 Å². The molecule has 2 aliphatic heterocycles. The van der Waals surface area contributed by atoms with E-state index in [0.717, 1.165) is 48.8 Å². The summed E-state index contributed by atoms with van der Waals surface area (Å²) in [5, 5.41) is 0. The maximum Gasteiger partial charge on any atom is 0.254 e. The Morgan fingerprint density at radius 3 is 2.55 bits per heavy atom. The molecule has 0 radical (unpaired) electrons. The normalized spacial score (nSPS) is 24.5. The fraction of sp³-hybridized carbons (Fsp3) is 0.480. The van der Waals surface area contributed by atoms with Gasteiger partial charge in [0.15, 0.2) is 0 Å². The van der Waals surface area contributed by atoms with Gasteiger partial charge in [0.1, 0.15) is 17.3 Å². The molecule has 2 N–H and O–H groups in total. The van der Waals surface area contributed by atoms with Crippen molar-refractivity contribution >= 4 is 5.91 Å². The molecule has 1 aromatic rings. The summed E-state index contributed by atoms with van der Waals surface area (Å²) in [7, 11) is 1.62. The first kappa shape index (κ1) is 21.5. The first-order valence-corrected chi connectivity index (χ1v) is 11.0. The van der Waals surface area contributed by atoms with Gasteiger partial charge in [0.2, 0.25) is 0 Å². The van der Waals surface area contributed by atoms with Crippen molar-refractivity contribution < 1.29 is 14.3 Å². The number of carbonyl (C=O) groups excluding carboxylic acids is 1. The van der Waals surface area contributed by atoms with Gasteiger partial charge >= 0.3 is 0 Å². The van der Waals surface area contributed by atoms with Crippen molar-refractivity contribution in [1.82, 2.24) is 9.80 Å². The number of allylic oxidation sites excluding steroid dienone is 5. The van der Waals surface area contributed by atoms with E-state index in [9.17, 15) is 4.79 Å². The maximum atomic E-state index is 12.9. The molecular weight excluding hydrogens is 390 g/mol. The average molecular weight is 424 g/mol. The monoisotopic (exact) mass is 423 g/mol. The molecule has 6 nitrogen and oxygen atoms in total. The second kappa shape index (κ2) is 8.08. The number of rotatable bonds is 4. The summed E-state index contributed by atoms with van der Waals surface area (Å²) in [6.07, 6.45) is 0.896. The Hall–Kier alpha value is -2.73. The van der Waals surface area contributed by atoms with Crippen LogP contribution in [0.2, 0.25) is 0 Å². The lowest BCUT2D eigenvalue weighted by Gasteiger charge is -2.39. The molecular formula is C25H33N3O3. The topological polar surface area (TPSA) is 68.0 Å². The van der Waals surface area contributed by atoms with E-state index in [-0.39, 0.29) is 11.3 Å². The number of piperazine rings is 1. The van der Waals surface area contributed by atoms with Crippen molar-refractivity contribution in [2.75, 3.05) is 39.8 Å². The summed E-state index contributed by atoms with van der Waals surface area (Å²) >= 11 is 0. The van der Waals surface area contributed by atoms with Crippen molar-refractivity contribution in [3.05, 3.63) is 63.8 Å². The Morgan fingerprint density at radius 2 is 1.87 bits per heavy atom. The lowest BCUT2D eigenvalue weighted by molar-refractivity contribution is 0.0592. The zero-order valence-corrected chi connectivity index (χ0v) is 19.2. The van der Waals surface area contributed by atoms with Crippen molar-refractivity contribution in [2.45, 2.75) is 34.1 Å². The molecule has 31 heavy (non-hydrogen) atoms. The molecule has 0 saturated carbocycles. The molecule has 1 fully saturated rings. The van der Waals surface area contributed by atoms with Crippen LogP contribution in [-0.2, 0) is 4.74 Å². The molecule has 3 aliphatic rings. The summed E-state index contributed by atoms with van der Waals surface area (Å²) in [5.41, 5.74) is 11.8. The summed E-state index contributed by atoms with van der Waals surface area (Å²) in [6.45, 7) is 12.4. The lowest BCUT2D eigenvalue weighted by Crippen LogP contribution is -2.51. The highest BCUT2D eigenvalue weighted by molar-refractivity contribution is 5.94. The predicted octanol–water partition coefficient (Wildman–Crippen LogP) is 3.67. The van der Waals surface area contributed by atoms with Gasteiger partial charge in [0.25, 0.3) is 5.91 Å². The fourth-order valence-corrected chi connectivity index (χ4v) is 4.99. The highest BCUT2D eigenvalue weighted by Gasteiger charge is 2.43. The van der Waals surface area contributed by atoms with Gasteiger partial charge in [-0.15, -0.1) is 0 Å². The lowest BCUT2D eigenvalue weighted by atomic mass is 9.85. The molecule has 1 atom stereocenters. The average Bonchev–Trinajstić information content (AvgIpc) is 3.03. The van der Waals surface area contributed by atoms with Gasteiger partial charge in [0, 0.05) is 60.5 Å². The van der Waals surface area contributed by atoms with Crippen molar-refractivity contribution in [3.8, 4) is 5.75 Å². The van der Waals surface area contributed by atoms with Crippen LogP contribution in [0.4, 0.5) is 0 Å². The number of carbonyl (C=O) groups is 1. The van der Waals surface area contributed by atoms with Crippen molar-refractivity contribution in [1.29, 1.82) is 0 Å². The SMILES string of the molecule is COc1cccc(C(=O)N2CCN(CC3(C)CC4=C(C)OC(C)=C(C)C4=C3N)CC2)c1. The first-order valence-electron chi connectivity index (χ1n) is 11.0. The third kappa shape index (κ3) is 3.85. The highest BCUT2D eigenvalue weighted by atomic mass is 16.5. The Morgan fingerprint density at radius 1 is 1.16 bits per heavy atom. The third-order valence-corrected chi connectivity index (χ3v) is 6.97. The van der Waals surface area contributed by atoms with E-state index >= 15 is 0 Å². The van der Waals surface area contributed by atoms with Crippen LogP contribution in [0, 0.1) is 5.41 Å². The molecule has 1 amide bonds. The molecule has 2 heterocycles. The van der Waals surface area contributed by atoms with Crippen LogP contribution in [0.5, 0.6) is 5.75 Å². The Bertz CT molecular complexity index is 999. The molecule has 1 aliphatic carbocycles. The second-order valence-corrected chi connectivity index (χ2v) is 9.14. The number of nitrogens with zero attached hydrogens (tertiary/aromatic N) is 2. The number of amides is 1. The van der Waals surface area contributed by atoms with Crippen LogP contribution >= 0.6 is 0 Å². The van der Waals surface area contributed by atoms with E-state index in [1.165, 1.54) is 11.1 Å². The minimum atomic E-state index is -0.125. The van der Waals surface area contributed by atoms with Crippen molar-refractivity contribution in [3.63, 3.8) is 0 Å². The Balaban J connectivity index is 1.43. The van der Waals surface area contributed by atoms with Crippen LogP contribution in [0.1, 0.15) is 44.5 Å². The van der Waals surface area contributed by atoms with Crippen molar-refractivity contribution in [2.24, 2.45) is 11.1 Å². The standard InChI is InChI=1S/C25H33N3O3/c1-16-17(2)31-18(3)21-14-25(4,23(26)22(16)21)15-27-9-11-28(12-10-27)24(29)19-7-6-8-20(13-19)30-5/h6-8,13H,9-12,14-15,26H2,1-5H3. The van der Waals surface area contributed by atoms with Gasteiger partial charge in [-0.05, 0) is 51.0 Å². The van der Waals surface area contributed by atoms with E-state index in [2.05, 4.69) is 18.7 Å². The predicted molar refractivity (Wildman–Crippen MR) is 121 cm³/mol. The summed E-state index contributed by atoms with van der Waals surface area (Å²) < 4.78 is 11.2. The van der Waals surface area contributed by atoms with E-state index in [0.29, 0.717) is 24.4 Å². The number of methoxy groups -OCH3 is 1. The third-order valence-electron chi connectivity index (χ3n) is 6.97. The van der Waals surface area contributed by atoms with Gasteiger partial charge in [-0.2, -0.15) is 0 Å². The molecule has 0 aromatic heterocycles. The van der Waals surface area contributed by atoms with E-state index in [1.54, 1.807) is 13.2 Å². The van der Waals surface area contributed by atoms with Crippen LogP contribution in [-0.4, -0.2) is 55.5 Å². The number of benzene rings is 1. The zero-order valence-electron chi connectivity index (χ0n) is 19.2. The number of fused-ring (bicyclic) bond motifs is 1. The largest absolute Gasteiger partial charge is 0.497 e. The number of ether oxygens (including phenoxy) is 2. The molecule has 6 heteroatoms. The Kier molecular flexibility index (Phi) is 5.60. The molecule has 0 bridgehead atoms. The molecule has 0 spiro atoms. The van der Waals surface area contributed by atoms with Crippen LogP contribution in [0.15, 0.2) is 58.2 Å². The fourth-order valence-electron chi connectivity index (χ4n) is 4.99. The first-order chi connectivity index (χ1) is 14.7. The number of nitrogens with two attached hydrogens (primary N) is 1. The minimum absolute atomic E-state index is 0.0625. The van der Waals surface area contributed by atoms with E-state index in [4.69, 9.17) is 15.2 Å². The van der Waals surface area contributed by atoms with Gasteiger partial charge in [-0.3, -0.25) is 9.69 Å². The highest BCUT2D eigenvalue weighted by Crippen LogP contribution is 2.50. The Labute approximate surface area is 185 Å². The summed E-state index contributed by atoms with van der Waals surface area (Å²) in [5.74, 6) is 2.68. The smallest absolute Gasteiger partial charge is 0.254 e. The quantitative estimate of drug-likeness (QED) is 0.800. The molecule has 1 saturated heterocycles. The van der Waals surface area contributed by atoms with Gasteiger partial charge < -0.3 is 20.1 Å². The molecule has 1 unspecified atom stereocenters. The number of hydrogen-bond donors (Lipinski definition) is 1. The summed E-state index contributed by atoms with van der Waals surface area (Å²) in [4.78, 5) is 17.3. The van der Waals surface area contributed by atoms with Gasteiger partial charge in [-0.1, -0.05) is 13.0 Å². The molecule has 166 valence electrons. The zero-order chi connectivity index (χ0) is 22.3. The van der Waals surface area contributed by atoms with Crippen LogP contribution < -0.4 is 10.5 Å². The van der Waals surface area contributed by atoms with E-state index < -0.39 is 0 Å². The second-order valence-electron chi connectivity index (χ2n) is 9.14. The van der Waals surface area contributed by atoms with Gasteiger partial charge in [0.05, 0.1) is 7.11 Å². The van der Waals surface area contributed by atoms with Gasteiger partial charge in [-0.25, -0.2) is 0 Å².